The van der Waals surface area contributed by atoms with Gasteiger partial charge in [-0.2, -0.15) is 0 Å². The molecule has 0 atom stereocenters. The van der Waals surface area contributed by atoms with E-state index in [2.05, 4.69) is 11.7 Å². The first-order valence-corrected chi connectivity index (χ1v) is 4.64. The van der Waals surface area contributed by atoms with E-state index in [9.17, 15) is 4.79 Å². The first-order chi connectivity index (χ1) is 6.24. The van der Waals surface area contributed by atoms with Crippen molar-refractivity contribution in [1.29, 1.82) is 0 Å². The van der Waals surface area contributed by atoms with Crippen LogP contribution in [0.4, 0.5) is 4.79 Å². The molecule has 1 fully saturated rings. The van der Waals surface area contributed by atoms with Gasteiger partial charge in [-0.3, -0.25) is 0 Å². The molecule has 76 valence electrons. The largest absolute Gasteiger partial charge is 0.422 e. The highest BCUT2D eigenvalue weighted by molar-refractivity contribution is 5.67. The number of hydrogen-bond donors (Lipinski definition) is 0. The Kier molecular flexibility index (Phi) is 4.02. The molecule has 0 bridgehead atoms. The Morgan fingerprint density at radius 2 is 2.08 bits per heavy atom. The predicted octanol–water partition coefficient (Wildman–Crippen LogP) is 1.46. The third-order valence-corrected chi connectivity index (χ3v) is 2.34. The van der Waals surface area contributed by atoms with E-state index >= 15 is 0 Å². The van der Waals surface area contributed by atoms with Crippen LogP contribution < -0.4 is 0 Å². The standard InChI is InChI=1S/C9H17NO3/c1-8-3-5-10(6-4-8)9(11)13-7-12-2/h8H,3-7H2,1-2H3. The van der Waals surface area contributed by atoms with E-state index in [1.807, 2.05) is 0 Å². The van der Waals surface area contributed by atoms with Crippen molar-refractivity contribution in [3.8, 4) is 0 Å². The molecular formula is C9H17NO3. The summed E-state index contributed by atoms with van der Waals surface area (Å²) in [5.74, 6) is 0.728. The molecule has 0 saturated carbocycles. The van der Waals surface area contributed by atoms with Crippen LogP contribution in [0, 0.1) is 5.92 Å². The number of likely N-dealkylation sites (tertiary alicyclic amines) is 1. The van der Waals surface area contributed by atoms with Gasteiger partial charge in [-0.05, 0) is 18.8 Å². The lowest BCUT2D eigenvalue weighted by molar-refractivity contribution is -0.00783. The molecular weight excluding hydrogens is 170 g/mol. The summed E-state index contributed by atoms with van der Waals surface area (Å²) in [5, 5.41) is 0. The van der Waals surface area contributed by atoms with E-state index in [0.29, 0.717) is 0 Å². The molecule has 13 heavy (non-hydrogen) atoms. The van der Waals surface area contributed by atoms with Gasteiger partial charge in [0.25, 0.3) is 0 Å². The molecule has 1 aliphatic heterocycles. The number of piperidine rings is 1. The molecule has 0 radical (unpaired) electrons. The lowest BCUT2D eigenvalue weighted by Gasteiger charge is -2.29. The number of methoxy groups -OCH3 is 1. The number of nitrogens with zero attached hydrogens (tertiary/aromatic N) is 1. The fourth-order valence-electron chi connectivity index (χ4n) is 1.39. The van der Waals surface area contributed by atoms with Gasteiger partial charge in [0.1, 0.15) is 0 Å². The van der Waals surface area contributed by atoms with Gasteiger partial charge < -0.3 is 14.4 Å². The summed E-state index contributed by atoms with van der Waals surface area (Å²) in [6, 6.07) is 0. The molecule has 0 N–H and O–H groups in total. The van der Waals surface area contributed by atoms with Crippen molar-refractivity contribution < 1.29 is 14.3 Å². The number of rotatable bonds is 2. The minimum Gasteiger partial charge on any atom is -0.422 e. The van der Waals surface area contributed by atoms with E-state index in [1.54, 1.807) is 4.90 Å². The third-order valence-electron chi connectivity index (χ3n) is 2.34. The van der Waals surface area contributed by atoms with Gasteiger partial charge in [-0.15, -0.1) is 0 Å². The fraction of sp³-hybridized carbons (Fsp3) is 0.889. The van der Waals surface area contributed by atoms with Crippen LogP contribution in [0.2, 0.25) is 0 Å². The highest BCUT2D eigenvalue weighted by Crippen LogP contribution is 2.16. The second kappa shape index (κ2) is 5.07. The summed E-state index contributed by atoms with van der Waals surface area (Å²) in [6.45, 7) is 3.87. The average Bonchev–Trinajstić information content (AvgIpc) is 2.15. The van der Waals surface area contributed by atoms with E-state index in [1.165, 1.54) is 7.11 Å². The molecule has 0 spiro atoms. The average molecular weight is 187 g/mol. The van der Waals surface area contributed by atoms with E-state index in [-0.39, 0.29) is 12.9 Å². The van der Waals surface area contributed by atoms with Crippen LogP contribution in [0.1, 0.15) is 19.8 Å². The maximum Gasteiger partial charge on any atom is 0.411 e. The Hall–Kier alpha value is -0.770. The van der Waals surface area contributed by atoms with E-state index in [0.717, 1.165) is 31.8 Å². The quantitative estimate of drug-likeness (QED) is 0.614. The molecule has 1 saturated heterocycles. The molecule has 4 nitrogen and oxygen atoms in total. The summed E-state index contributed by atoms with van der Waals surface area (Å²) in [4.78, 5) is 13.0. The van der Waals surface area contributed by atoms with Crippen molar-refractivity contribution >= 4 is 6.09 Å². The Bertz CT molecular complexity index is 164. The molecule has 0 aromatic carbocycles. The van der Waals surface area contributed by atoms with Gasteiger partial charge in [0, 0.05) is 20.2 Å². The van der Waals surface area contributed by atoms with Crippen molar-refractivity contribution in [3.63, 3.8) is 0 Å². The molecule has 0 aromatic rings. The Balaban J connectivity index is 2.23. The van der Waals surface area contributed by atoms with Crippen molar-refractivity contribution in [2.75, 3.05) is 27.0 Å². The lowest BCUT2D eigenvalue weighted by Crippen LogP contribution is -2.38. The van der Waals surface area contributed by atoms with Crippen LogP contribution in [0.3, 0.4) is 0 Å². The smallest absolute Gasteiger partial charge is 0.411 e. The summed E-state index contributed by atoms with van der Waals surface area (Å²) in [5.41, 5.74) is 0. The van der Waals surface area contributed by atoms with Crippen LogP contribution >= 0.6 is 0 Å². The number of carbonyl (C=O) groups excluding carboxylic acids is 1. The molecule has 1 aliphatic rings. The summed E-state index contributed by atoms with van der Waals surface area (Å²) in [7, 11) is 1.51. The van der Waals surface area contributed by atoms with Gasteiger partial charge in [-0.1, -0.05) is 6.92 Å². The SMILES string of the molecule is COCOC(=O)N1CCC(C)CC1. The van der Waals surface area contributed by atoms with Gasteiger partial charge in [0.15, 0.2) is 6.79 Å². The van der Waals surface area contributed by atoms with E-state index in [4.69, 9.17) is 4.74 Å². The zero-order valence-corrected chi connectivity index (χ0v) is 8.28. The zero-order valence-electron chi connectivity index (χ0n) is 8.28. The van der Waals surface area contributed by atoms with Crippen LogP contribution in [-0.2, 0) is 9.47 Å². The van der Waals surface area contributed by atoms with Gasteiger partial charge >= 0.3 is 6.09 Å². The Morgan fingerprint density at radius 3 is 2.62 bits per heavy atom. The van der Waals surface area contributed by atoms with Crippen LogP contribution in [0.25, 0.3) is 0 Å². The molecule has 4 heteroatoms. The van der Waals surface area contributed by atoms with Crippen molar-refractivity contribution in [2.45, 2.75) is 19.8 Å². The van der Waals surface area contributed by atoms with Gasteiger partial charge in [0.2, 0.25) is 0 Å². The highest BCUT2D eigenvalue weighted by Gasteiger charge is 2.20. The molecule has 0 unspecified atom stereocenters. The summed E-state index contributed by atoms with van der Waals surface area (Å²) >= 11 is 0. The van der Waals surface area contributed by atoms with Crippen molar-refractivity contribution in [3.05, 3.63) is 0 Å². The molecule has 1 rings (SSSR count). The second-order valence-corrected chi connectivity index (χ2v) is 3.49. The zero-order chi connectivity index (χ0) is 9.68. The number of amides is 1. The monoisotopic (exact) mass is 187 g/mol. The summed E-state index contributed by atoms with van der Waals surface area (Å²) in [6.07, 6.45) is 1.89. The topological polar surface area (TPSA) is 38.8 Å². The lowest BCUT2D eigenvalue weighted by atomic mass is 10.00. The van der Waals surface area contributed by atoms with Crippen LogP contribution in [0.15, 0.2) is 0 Å². The first kappa shape index (κ1) is 10.3. The van der Waals surface area contributed by atoms with E-state index < -0.39 is 0 Å². The number of ether oxygens (including phenoxy) is 2. The minimum absolute atomic E-state index is 0.0465. The number of carbonyl (C=O) groups is 1. The molecule has 1 heterocycles. The van der Waals surface area contributed by atoms with Crippen molar-refractivity contribution in [2.24, 2.45) is 5.92 Å². The van der Waals surface area contributed by atoms with Crippen molar-refractivity contribution in [1.82, 2.24) is 4.90 Å². The minimum atomic E-state index is -0.256. The normalized spacial score (nSPS) is 18.8. The third kappa shape index (κ3) is 3.22. The second-order valence-electron chi connectivity index (χ2n) is 3.49. The molecule has 0 aromatic heterocycles. The Morgan fingerprint density at radius 1 is 1.46 bits per heavy atom. The maximum absolute atomic E-state index is 11.3. The maximum atomic E-state index is 11.3. The summed E-state index contributed by atoms with van der Waals surface area (Å²) < 4.78 is 9.49. The number of hydrogen-bond acceptors (Lipinski definition) is 3. The first-order valence-electron chi connectivity index (χ1n) is 4.64. The molecule has 1 amide bonds. The Labute approximate surface area is 78.8 Å². The van der Waals surface area contributed by atoms with Gasteiger partial charge in [-0.25, -0.2) is 4.79 Å². The fourth-order valence-corrected chi connectivity index (χ4v) is 1.39. The molecule has 0 aliphatic carbocycles. The van der Waals surface area contributed by atoms with Gasteiger partial charge in [0.05, 0.1) is 0 Å². The highest BCUT2D eigenvalue weighted by atomic mass is 16.7. The van der Waals surface area contributed by atoms with Crippen LogP contribution in [-0.4, -0.2) is 38.0 Å². The predicted molar refractivity (Wildman–Crippen MR) is 48.3 cm³/mol. The van der Waals surface area contributed by atoms with Crippen LogP contribution in [0.5, 0.6) is 0 Å².